The van der Waals surface area contributed by atoms with E-state index in [1.54, 1.807) is 6.07 Å². The van der Waals surface area contributed by atoms with Crippen molar-refractivity contribution in [3.05, 3.63) is 23.2 Å². The lowest BCUT2D eigenvalue weighted by atomic mass is 10.2. The van der Waals surface area contributed by atoms with Crippen molar-refractivity contribution >= 4 is 23.0 Å². The summed E-state index contributed by atoms with van der Waals surface area (Å²) in [7, 11) is 4.08. The summed E-state index contributed by atoms with van der Waals surface area (Å²) in [5, 5.41) is 4.03. The van der Waals surface area contributed by atoms with E-state index in [1.807, 2.05) is 26.2 Å². The van der Waals surface area contributed by atoms with Crippen LogP contribution in [0.5, 0.6) is 0 Å². The highest BCUT2D eigenvalue weighted by atomic mass is 35.5. The molecule has 15 heavy (non-hydrogen) atoms. The summed E-state index contributed by atoms with van der Waals surface area (Å²) >= 11 is 5.90. The highest BCUT2D eigenvalue weighted by Gasteiger charge is 2.06. The van der Waals surface area contributed by atoms with Gasteiger partial charge in [0.25, 0.3) is 0 Å². The normalized spacial score (nSPS) is 12.9. The number of rotatable bonds is 4. The largest absolute Gasteiger partial charge is 0.397 e. The summed E-state index contributed by atoms with van der Waals surface area (Å²) < 4.78 is 0. The number of halogens is 1. The van der Waals surface area contributed by atoms with Crippen LogP contribution in [0.1, 0.15) is 6.92 Å². The van der Waals surface area contributed by atoms with Crippen LogP contribution in [0.2, 0.25) is 5.02 Å². The average molecular weight is 228 g/mol. The van der Waals surface area contributed by atoms with Crippen molar-refractivity contribution < 1.29 is 0 Å². The Balaban J connectivity index is 2.67. The van der Waals surface area contributed by atoms with Crippen LogP contribution in [0.4, 0.5) is 11.4 Å². The maximum Gasteiger partial charge on any atom is 0.0591 e. The van der Waals surface area contributed by atoms with Gasteiger partial charge in [-0.2, -0.15) is 0 Å². The number of benzene rings is 1. The van der Waals surface area contributed by atoms with Gasteiger partial charge >= 0.3 is 0 Å². The highest BCUT2D eigenvalue weighted by Crippen LogP contribution is 2.23. The van der Waals surface area contributed by atoms with Gasteiger partial charge < -0.3 is 16.0 Å². The molecule has 0 amide bonds. The molecule has 1 atom stereocenters. The Labute approximate surface area is 96.2 Å². The van der Waals surface area contributed by atoms with Crippen LogP contribution in [0, 0.1) is 0 Å². The van der Waals surface area contributed by atoms with Crippen LogP contribution in [0.15, 0.2) is 18.2 Å². The number of hydrogen-bond acceptors (Lipinski definition) is 3. The Kier molecular flexibility index (Phi) is 4.24. The Morgan fingerprint density at radius 1 is 1.47 bits per heavy atom. The van der Waals surface area contributed by atoms with Gasteiger partial charge in [-0.3, -0.25) is 0 Å². The van der Waals surface area contributed by atoms with Gasteiger partial charge in [0.2, 0.25) is 0 Å². The van der Waals surface area contributed by atoms with Gasteiger partial charge in [-0.15, -0.1) is 0 Å². The molecular weight excluding hydrogens is 210 g/mol. The summed E-state index contributed by atoms with van der Waals surface area (Å²) in [6.45, 7) is 3.06. The van der Waals surface area contributed by atoms with Crippen molar-refractivity contribution in [2.75, 3.05) is 31.7 Å². The average Bonchev–Trinajstić information content (AvgIpc) is 2.10. The summed E-state index contributed by atoms with van der Waals surface area (Å²) in [4.78, 5) is 2.12. The Morgan fingerprint density at radius 2 is 2.13 bits per heavy atom. The summed E-state index contributed by atoms with van der Waals surface area (Å²) in [6.07, 6.45) is 0. The van der Waals surface area contributed by atoms with Crippen LogP contribution in [0.3, 0.4) is 0 Å². The van der Waals surface area contributed by atoms with Crippen molar-refractivity contribution in [2.45, 2.75) is 13.0 Å². The minimum atomic E-state index is 0.334. The quantitative estimate of drug-likeness (QED) is 0.776. The fourth-order valence-corrected chi connectivity index (χ4v) is 1.68. The zero-order chi connectivity index (χ0) is 11.4. The molecule has 1 aromatic rings. The van der Waals surface area contributed by atoms with E-state index in [-0.39, 0.29) is 0 Å². The van der Waals surface area contributed by atoms with Crippen molar-refractivity contribution in [2.24, 2.45) is 0 Å². The van der Waals surface area contributed by atoms with Crippen molar-refractivity contribution in [3.8, 4) is 0 Å². The maximum atomic E-state index is 5.90. The van der Waals surface area contributed by atoms with Gasteiger partial charge in [0.15, 0.2) is 0 Å². The molecule has 0 saturated heterocycles. The second kappa shape index (κ2) is 5.24. The van der Waals surface area contributed by atoms with Gasteiger partial charge in [0, 0.05) is 17.6 Å². The first-order valence-corrected chi connectivity index (χ1v) is 5.33. The number of likely N-dealkylation sites (N-methyl/N-ethyl adjacent to an activating group) is 1. The molecule has 1 aromatic carbocycles. The van der Waals surface area contributed by atoms with Gasteiger partial charge in [0.05, 0.1) is 11.4 Å². The van der Waals surface area contributed by atoms with E-state index in [0.29, 0.717) is 11.1 Å². The fourth-order valence-electron chi connectivity index (χ4n) is 1.51. The molecule has 3 N–H and O–H groups in total. The smallest absolute Gasteiger partial charge is 0.0591 e. The van der Waals surface area contributed by atoms with Crippen LogP contribution >= 0.6 is 11.6 Å². The van der Waals surface area contributed by atoms with Crippen LogP contribution in [0.25, 0.3) is 0 Å². The third-order valence-electron chi connectivity index (χ3n) is 2.06. The van der Waals surface area contributed by atoms with Gasteiger partial charge in [-0.25, -0.2) is 0 Å². The highest BCUT2D eigenvalue weighted by molar-refractivity contribution is 6.31. The monoisotopic (exact) mass is 227 g/mol. The minimum Gasteiger partial charge on any atom is -0.397 e. The van der Waals surface area contributed by atoms with Crippen LogP contribution < -0.4 is 11.1 Å². The van der Waals surface area contributed by atoms with E-state index in [1.165, 1.54) is 0 Å². The second-order valence-corrected chi connectivity index (χ2v) is 4.48. The number of hydrogen-bond donors (Lipinski definition) is 2. The molecule has 0 heterocycles. The molecule has 0 saturated carbocycles. The lowest BCUT2D eigenvalue weighted by Crippen LogP contribution is -2.29. The molecule has 1 unspecified atom stereocenters. The Bertz CT molecular complexity index is 326. The topological polar surface area (TPSA) is 41.3 Å². The molecule has 0 spiro atoms. The van der Waals surface area contributed by atoms with Crippen LogP contribution in [-0.4, -0.2) is 31.6 Å². The standard InChI is InChI=1S/C11H18ClN3/c1-8(7-15(2)3)14-11-6-9(12)4-5-10(11)13/h4-6,8,14H,7,13H2,1-3H3. The first-order valence-electron chi connectivity index (χ1n) is 4.95. The Morgan fingerprint density at radius 3 is 2.73 bits per heavy atom. The van der Waals surface area contributed by atoms with Gasteiger partial charge in [-0.05, 0) is 39.2 Å². The minimum absolute atomic E-state index is 0.334. The zero-order valence-corrected chi connectivity index (χ0v) is 10.2. The van der Waals surface area contributed by atoms with E-state index in [4.69, 9.17) is 17.3 Å². The number of anilines is 2. The van der Waals surface area contributed by atoms with E-state index >= 15 is 0 Å². The molecule has 0 fully saturated rings. The van der Waals surface area contributed by atoms with E-state index in [9.17, 15) is 0 Å². The number of nitrogens with one attached hydrogen (secondary N) is 1. The molecule has 0 aliphatic heterocycles. The van der Waals surface area contributed by atoms with Crippen molar-refractivity contribution in [1.29, 1.82) is 0 Å². The van der Waals surface area contributed by atoms with E-state index in [0.717, 1.165) is 17.9 Å². The molecule has 0 aliphatic rings. The number of nitrogens with zero attached hydrogens (tertiary/aromatic N) is 1. The molecule has 0 aliphatic carbocycles. The molecule has 0 aromatic heterocycles. The van der Waals surface area contributed by atoms with Gasteiger partial charge in [0.1, 0.15) is 0 Å². The Hall–Kier alpha value is -0.930. The number of nitrogens with two attached hydrogens (primary N) is 1. The molecule has 4 heteroatoms. The molecular formula is C11H18ClN3. The first kappa shape index (κ1) is 12.1. The van der Waals surface area contributed by atoms with Gasteiger partial charge in [-0.1, -0.05) is 11.6 Å². The summed E-state index contributed by atoms with van der Waals surface area (Å²) in [5.74, 6) is 0. The van der Waals surface area contributed by atoms with Crippen molar-refractivity contribution in [1.82, 2.24) is 4.90 Å². The third kappa shape index (κ3) is 3.98. The fraction of sp³-hybridized carbons (Fsp3) is 0.455. The SMILES string of the molecule is CC(CN(C)C)Nc1cc(Cl)ccc1N. The van der Waals surface area contributed by atoms with E-state index in [2.05, 4.69) is 17.1 Å². The third-order valence-corrected chi connectivity index (χ3v) is 2.29. The summed E-state index contributed by atoms with van der Waals surface area (Å²) in [6, 6.07) is 5.79. The van der Waals surface area contributed by atoms with E-state index < -0.39 is 0 Å². The van der Waals surface area contributed by atoms with Crippen LogP contribution in [-0.2, 0) is 0 Å². The molecule has 0 bridgehead atoms. The predicted molar refractivity (Wildman–Crippen MR) is 67.5 cm³/mol. The first-order chi connectivity index (χ1) is 6.99. The second-order valence-electron chi connectivity index (χ2n) is 4.04. The zero-order valence-electron chi connectivity index (χ0n) is 9.42. The molecule has 0 radical (unpaired) electrons. The van der Waals surface area contributed by atoms with Crippen molar-refractivity contribution in [3.63, 3.8) is 0 Å². The lowest BCUT2D eigenvalue weighted by molar-refractivity contribution is 0.392. The molecule has 1 rings (SSSR count). The molecule has 84 valence electrons. The summed E-state index contributed by atoms with van der Waals surface area (Å²) in [5.41, 5.74) is 7.46. The predicted octanol–water partition coefficient (Wildman–Crippen LogP) is 2.28. The lowest BCUT2D eigenvalue weighted by Gasteiger charge is -2.20. The number of nitrogen functional groups attached to an aromatic ring is 1. The maximum absolute atomic E-state index is 5.90. The molecule has 3 nitrogen and oxygen atoms in total.